The zero-order valence-electron chi connectivity index (χ0n) is 5.13. The standard InChI is InChI=1S/C6H10N2.ClH/c7-3-1-6-2-4-8-5-6;/h2,4-5,8H,1,3,7H2;1H. The Morgan fingerprint density at radius 1 is 1.56 bits per heavy atom. The van der Waals surface area contributed by atoms with Crippen molar-refractivity contribution in [3.8, 4) is 0 Å². The monoisotopic (exact) mass is 146 g/mol. The lowest BCUT2D eigenvalue weighted by Gasteiger charge is -1.86. The van der Waals surface area contributed by atoms with Crippen LogP contribution >= 0.6 is 12.4 Å². The van der Waals surface area contributed by atoms with E-state index >= 15 is 0 Å². The Morgan fingerprint density at radius 2 is 2.33 bits per heavy atom. The molecule has 9 heavy (non-hydrogen) atoms. The summed E-state index contributed by atoms with van der Waals surface area (Å²) in [6.45, 7) is 0.734. The normalized spacial score (nSPS) is 8.56. The smallest absolute Gasteiger partial charge is 0.00378 e. The summed E-state index contributed by atoms with van der Waals surface area (Å²) >= 11 is 0. The second kappa shape index (κ2) is 4.41. The van der Waals surface area contributed by atoms with E-state index in [0.29, 0.717) is 0 Å². The van der Waals surface area contributed by atoms with E-state index in [1.165, 1.54) is 5.56 Å². The predicted octanol–water partition coefficient (Wildman–Crippen LogP) is 0.938. The molecule has 1 heterocycles. The maximum atomic E-state index is 5.31. The van der Waals surface area contributed by atoms with Crippen LogP contribution in [0.1, 0.15) is 5.56 Å². The molecule has 0 amide bonds. The molecule has 0 saturated heterocycles. The highest BCUT2D eigenvalue weighted by Crippen LogP contribution is 1.94. The highest BCUT2D eigenvalue weighted by molar-refractivity contribution is 5.85. The molecule has 0 unspecified atom stereocenters. The van der Waals surface area contributed by atoms with Crippen LogP contribution in [0.15, 0.2) is 18.5 Å². The first-order valence-electron chi connectivity index (χ1n) is 2.75. The first-order valence-corrected chi connectivity index (χ1v) is 2.75. The highest BCUT2D eigenvalue weighted by atomic mass is 35.5. The van der Waals surface area contributed by atoms with E-state index in [1.807, 2.05) is 18.5 Å². The summed E-state index contributed by atoms with van der Waals surface area (Å²) in [5, 5.41) is 0. The molecule has 1 aromatic rings. The molecule has 1 aromatic heterocycles. The summed E-state index contributed by atoms with van der Waals surface area (Å²) in [6.07, 6.45) is 4.85. The molecule has 0 saturated carbocycles. The van der Waals surface area contributed by atoms with Crippen LogP contribution in [0.3, 0.4) is 0 Å². The van der Waals surface area contributed by atoms with E-state index in [1.54, 1.807) is 0 Å². The summed E-state index contributed by atoms with van der Waals surface area (Å²) in [5.74, 6) is 0. The van der Waals surface area contributed by atoms with Gasteiger partial charge in [0.05, 0.1) is 0 Å². The Hall–Kier alpha value is -0.470. The third kappa shape index (κ3) is 2.54. The molecule has 3 heteroatoms. The topological polar surface area (TPSA) is 41.8 Å². The molecule has 3 N–H and O–H groups in total. The molecule has 0 aromatic carbocycles. The molecule has 2 nitrogen and oxygen atoms in total. The Balaban J connectivity index is 0.000000640. The first kappa shape index (κ1) is 8.53. The van der Waals surface area contributed by atoms with E-state index in [0.717, 1.165) is 13.0 Å². The van der Waals surface area contributed by atoms with Gasteiger partial charge < -0.3 is 10.7 Å². The van der Waals surface area contributed by atoms with E-state index in [-0.39, 0.29) is 12.4 Å². The van der Waals surface area contributed by atoms with Gasteiger partial charge in [0.25, 0.3) is 0 Å². The van der Waals surface area contributed by atoms with Crippen molar-refractivity contribution >= 4 is 12.4 Å². The lowest BCUT2D eigenvalue weighted by atomic mass is 10.2. The number of aromatic amines is 1. The third-order valence-corrected chi connectivity index (χ3v) is 1.10. The van der Waals surface area contributed by atoms with Gasteiger partial charge >= 0.3 is 0 Å². The zero-order valence-corrected chi connectivity index (χ0v) is 5.95. The van der Waals surface area contributed by atoms with Crippen LogP contribution in [0.25, 0.3) is 0 Å². The summed E-state index contributed by atoms with van der Waals surface area (Å²) < 4.78 is 0. The van der Waals surface area contributed by atoms with Crippen molar-refractivity contribution in [3.63, 3.8) is 0 Å². The van der Waals surface area contributed by atoms with Crippen LogP contribution in [0.2, 0.25) is 0 Å². The van der Waals surface area contributed by atoms with Crippen molar-refractivity contribution < 1.29 is 0 Å². The third-order valence-electron chi connectivity index (χ3n) is 1.10. The minimum Gasteiger partial charge on any atom is -0.367 e. The zero-order chi connectivity index (χ0) is 5.82. The van der Waals surface area contributed by atoms with Gasteiger partial charge in [-0.25, -0.2) is 0 Å². The molecule has 0 spiro atoms. The van der Waals surface area contributed by atoms with Crippen LogP contribution in [0, 0.1) is 0 Å². The molecule has 0 radical (unpaired) electrons. The number of aromatic nitrogens is 1. The fourth-order valence-electron chi connectivity index (χ4n) is 0.681. The second-order valence-electron chi connectivity index (χ2n) is 1.76. The van der Waals surface area contributed by atoms with Gasteiger partial charge in [-0.2, -0.15) is 0 Å². The molecule has 52 valence electrons. The van der Waals surface area contributed by atoms with Gasteiger partial charge in [-0.15, -0.1) is 12.4 Å². The van der Waals surface area contributed by atoms with Crippen molar-refractivity contribution in [2.45, 2.75) is 6.42 Å². The molecule has 0 aliphatic rings. The average molecular weight is 147 g/mol. The van der Waals surface area contributed by atoms with Crippen LogP contribution < -0.4 is 5.73 Å². The Morgan fingerprint density at radius 3 is 2.78 bits per heavy atom. The fourth-order valence-corrected chi connectivity index (χ4v) is 0.681. The van der Waals surface area contributed by atoms with Crippen molar-refractivity contribution in [2.24, 2.45) is 5.73 Å². The highest BCUT2D eigenvalue weighted by Gasteiger charge is 1.86. The number of nitrogens with one attached hydrogen (secondary N) is 1. The maximum absolute atomic E-state index is 5.31. The van der Waals surface area contributed by atoms with Gasteiger partial charge in [0.15, 0.2) is 0 Å². The second-order valence-corrected chi connectivity index (χ2v) is 1.76. The van der Waals surface area contributed by atoms with E-state index in [9.17, 15) is 0 Å². The fraction of sp³-hybridized carbons (Fsp3) is 0.333. The average Bonchev–Trinajstić information content (AvgIpc) is 2.19. The van der Waals surface area contributed by atoms with Gasteiger partial charge in [0, 0.05) is 12.4 Å². The number of H-pyrrole nitrogens is 1. The molecule has 0 fully saturated rings. The van der Waals surface area contributed by atoms with Crippen molar-refractivity contribution in [1.82, 2.24) is 4.98 Å². The van der Waals surface area contributed by atoms with Gasteiger partial charge in [-0.3, -0.25) is 0 Å². The van der Waals surface area contributed by atoms with Gasteiger partial charge in [-0.1, -0.05) is 0 Å². The Labute approximate surface area is 60.9 Å². The largest absolute Gasteiger partial charge is 0.367 e. The number of halogens is 1. The van der Waals surface area contributed by atoms with E-state index in [4.69, 9.17) is 5.73 Å². The van der Waals surface area contributed by atoms with Crippen LogP contribution in [0.5, 0.6) is 0 Å². The lowest BCUT2D eigenvalue weighted by Crippen LogP contribution is -2.01. The van der Waals surface area contributed by atoms with Crippen LogP contribution in [-0.4, -0.2) is 11.5 Å². The van der Waals surface area contributed by atoms with E-state index in [2.05, 4.69) is 4.98 Å². The molecular formula is C6H11ClN2. The van der Waals surface area contributed by atoms with Crippen LogP contribution in [-0.2, 0) is 6.42 Å². The number of hydrogen-bond donors (Lipinski definition) is 2. The van der Waals surface area contributed by atoms with E-state index < -0.39 is 0 Å². The molecule has 0 aliphatic heterocycles. The van der Waals surface area contributed by atoms with Gasteiger partial charge in [0.2, 0.25) is 0 Å². The molecule has 0 aliphatic carbocycles. The molecule has 1 rings (SSSR count). The minimum atomic E-state index is 0. The molecule has 0 atom stereocenters. The number of nitrogens with two attached hydrogens (primary N) is 1. The summed E-state index contributed by atoms with van der Waals surface area (Å²) in [5.41, 5.74) is 6.59. The molecule has 0 bridgehead atoms. The summed E-state index contributed by atoms with van der Waals surface area (Å²) in [7, 11) is 0. The van der Waals surface area contributed by atoms with Gasteiger partial charge in [-0.05, 0) is 24.6 Å². The van der Waals surface area contributed by atoms with Crippen molar-refractivity contribution in [1.29, 1.82) is 0 Å². The maximum Gasteiger partial charge on any atom is 0.00378 e. The molecular weight excluding hydrogens is 136 g/mol. The van der Waals surface area contributed by atoms with Crippen LogP contribution in [0.4, 0.5) is 0 Å². The van der Waals surface area contributed by atoms with Gasteiger partial charge in [0.1, 0.15) is 0 Å². The van der Waals surface area contributed by atoms with Crippen molar-refractivity contribution in [3.05, 3.63) is 24.0 Å². The lowest BCUT2D eigenvalue weighted by molar-refractivity contribution is 0.971. The number of hydrogen-bond acceptors (Lipinski definition) is 1. The Bertz CT molecular complexity index is 137. The summed E-state index contributed by atoms with van der Waals surface area (Å²) in [4.78, 5) is 2.96. The summed E-state index contributed by atoms with van der Waals surface area (Å²) in [6, 6.07) is 2.03. The SMILES string of the molecule is Cl.NCCc1cc[nH]c1. The number of rotatable bonds is 2. The quantitative estimate of drug-likeness (QED) is 0.641. The minimum absolute atomic E-state index is 0. The Kier molecular flexibility index (Phi) is 4.18. The predicted molar refractivity (Wildman–Crippen MR) is 40.8 cm³/mol. The first-order chi connectivity index (χ1) is 3.93. The van der Waals surface area contributed by atoms with Crippen molar-refractivity contribution in [2.75, 3.05) is 6.54 Å².